The first kappa shape index (κ1) is 40.7. The van der Waals surface area contributed by atoms with Crippen molar-refractivity contribution in [2.75, 3.05) is 92.5 Å². The van der Waals surface area contributed by atoms with Crippen LogP contribution >= 0.6 is 0 Å². The van der Waals surface area contributed by atoms with E-state index in [1.165, 1.54) is 0 Å². The zero-order valence-corrected chi connectivity index (χ0v) is 28.9. The number of rotatable bonds is 30. The number of carboxylic acids is 1. The van der Waals surface area contributed by atoms with Gasteiger partial charge in [0, 0.05) is 12.8 Å². The molecule has 0 heterocycles. The average molecular weight is 697 g/mol. The van der Waals surface area contributed by atoms with Crippen LogP contribution in [0.25, 0.3) is 0 Å². The molecule has 1 N–H and O–H groups in total. The third kappa shape index (κ3) is 16.4. The molecule has 0 saturated heterocycles. The van der Waals surface area contributed by atoms with Crippen LogP contribution < -0.4 is 0 Å². The van der Waals surface area contributed by atoms with E-state index in [1.807, 2.05) is 54.6 Å². The maximum Gasteiger partial charge on any atom is 0.305 e. The predicted molar refractivity (Wildman–Crippen MR) is 187 cm³/mol. The molecule has 0 aromatic heterocycles. The predicted octanol–water partition coefficient (Wildman–Crippen LogP) is 5.28. The summed E-state index contributed by atoms with van der Waals surface area (Å²) in [7, 11) is 0. The minimum absolute atomic E-state index is 0.0596. The molecule has 3 aromatic rings. The molecule has 0 fully saturated rings. The van der Waals surface area contributed by atoms with Crippen molar-refractivity contribution in [1.29, 1.82) is 0 Å². The summed E-state index contributed by atoms with van der Waals surface area (Å²) in [5.41, 5.74) is 2.41. The zero-order valence-electron chi connectivity index (χ0n) is 28.9. The minimum atomic E-state index is -0.862. The second-order valence-corrected chi connectivity index (χ2v) is 11.1. The highest BCUT2D eigenvalue weighted by Crippen LogP contribution is 2.40. The van der Waals surface area contributed by atoms with Gasteiger partial charge in [-0.1, -0.05) is 91.0 Å². The van der Waals surface area contributed by atoms with Gasteiger partial charge in [-0.15, -0.1) is 0 Å². The molecule has 274 valence electrons. The normalized spacial score (nSPS) is 11.4. The molecule has 0 saturated carbocycles. The highest BCUT2D eigenvalue weighted by Gasteiger charge is 2.37. The van der Waals surface area contributed by atoms with E-state index in [4.69, 9.17) is 43.0 Å². The van der Waals surface area contributed by atoms with Gasteiger partial charge in [0.2, 0.25) is 0 Å². The molecule has 0 spiro atoms. The highest BCUT2D eigenvalue weighted by molar-refractivity contribution is 5.69. The fourth-order valence-corrected chi connectivity index (χ4v) is 5.06. The Kier molecular flexibility index (Phi) is 21.3. The Morgan fingerprint density at radius 1 is 0.440 bits per heavy atom. The largest absolute Gasteiger partial charge is 0.481 e. The molecule has 50 heavy (non-hydrogen) atoms. The summed E-state index contributed by atoms with van der Waals surface area (Å²) >= 11 is 0. The van der Waals surface area contributed by atoms with Gasteiger partial charge < -0.3 is 43.0 Å². The Balaban J connectivity index is 1.13. The molecule has 11 heteroatoms. The third-order valence-corrected chi connectivity index (χ3v) is 7.46. The Bertz CT molecular complexity index is 1180. The second-order valence-electron chi connectivity index (χ2n) is 11.1. The maximum atomic E-state index is 11.5. The summed E-state index contributed by atoms with van der Waals surface area (Å²) in [6, 6.07) is 30.8. The van der Waals surface area contributed by atoms with E-state index >= 15 is 0 Å². The van der Waals surface area contributed by atoms with Gasteiger partial charge in [0.1, 0.15) is 12.2 Å². The first-order chi connectivity index (χ1) is 24.6. The number of hydrogen-bond donors (Lipinski definition) is 1. The fourth-order valence-electron chi connectivity index (χ4n) is 5.06. The number of carbonyl (C=O) groups is 2. The SMILES string of the molecule is O=C(O)CCCCC(=O)OCCOCCOCCOCCOCCOCCOCCOC(c1ccccc1)(c1ccccc1)c1ccccc1. The smallest absolute Gasteiger partial charge is 0.305 e. The molecule has 0 radical (unpaired) electrons. The van der Waals surface area contributed by atoms with Gasteiger partial charge in [-0.25, -0.2) is 0 Å². The van der Waals surface area contributed by atoms with Crippen molar-refractivity contribution >= 4 is 11.9 Å². The van der Waals surface area contributed by atoms with Crippen LogP contribution in [0.4, 0.5) is 0 Å². The van der Waals surface area contributed by atoms with E-state index in [9.17, 15) is 9.59 Å². The van der Waals surface area contributed by atoms with Gasteiger partial charge in [0.05, 0.1) is 85.9 Å². The second kappa shape index (κ2) is 26.2. The molecular formula is C39H52O11. The van der Waals surface area contributed by atoms with Crippen LogP contribution in [0.2, 0.25) is 0 Å². The first-order valence-electron chi connectivity index (χ1n) is 17.3. The number of aliphatic carboxylic acids is 1. The number of unbranched alkanes of at least 4 members (excludes halogenated alkanes) is 1. The Hall–Kier alpha value is -3.68. The molecule has 3 rings (SSSR count). The topological polar surface area (TPSA) is 128 Å². The summed E-state index contributed by atoms with van der Waals surface area (Å²) in [6.07, 6.45) is 1.23. The molecule has 0 aliphatic rings. The molecule has 0 unspecified atom stereocenters. The first-order valence-corrected chi connectivity index (χ1v) is 17.3. The van der Waals surface area contributed by atoms with E-state index < -0.39 is 11.6 Å². The van der Waals surface area contributed by atoms with E-state index in [2.05, 4.69) is 36.4 Å². The fraction of sp³-hybridized carbons (Fsp3) is 0.487. The molecule has 11 nitrogen and oxygen atoms in total. The number of benzene rings is 3. The lowest BCUT2D eigenvalue weighted by atomic mass is 9.80. The highest BCUT2D eigenvalue weighted by atomic mass is 16.6. The lowest BCUT2D eigenvalue weighted by molar-refractivity contribution is -0.146. The quantitative estimate of drug-likeness (QED) is 0.0555. The van der Waals surface area contributed by atoms with Gasteiger partial charge in [0.15, 0.2) is 0 Å². The maximum absolute atomic E-state index is 11.5. The molecule has 3 aromatic carbocycles. The van der Waals surface area contributed by atoms with Gasteiger partial charge in [-0.3, -0.25) is 9.59 Å². The molecule has 0 aliphatic heterocycles. The van der Waals surface area contributed by atoms with Gasteiger partial charge >= 0.3 is 11.9 Å². The van der Waals surface area contributed by atoms with Crippen LogP contribution in [0.3, 0.4) is 0 Å². The van der Waals surface area contributed by atoms with Gasteiger partial charge in [-0.2, -0.15) is 0 Å². The summed E-state index contributed by atoms with van der Waals surface area (Å²) in [4.78, 5) is 22.0. The van der Waals surface area contributed by atoms with Gasteiger partial charge in [-0.05, 0) is 29.5 Å². The van der Waals surface area contributed by atoms with Crippen LogP contribution in [0, 0.1) is 0 Å². The molecule has 0 amide bonds. The van der Waals surface area contributed by atoms with Crippen molar-refractivity contribution in [3.8, 4) is 0 Å². The van der Waals surface area contributed by atoms with E-state index in [0.717, 1.165) is 16.7 Å². The summed E-state index contributed by atoms with van der Waals surface area (Å²) in [5.74, 6) is -1.21. The van der Waals surface area contributed by atoms with Crippen LogP contribution in [-0.2, 0) is 53.1 Å². The number of ether oxygens (including phenoxy) is 8. The lowest BCUT2D eigenvalue weighted by Gasteiger charge is -2.36. The summed E-state index contributed by atoms with van der Waals surface area (Å²) in [6.45, 7) is 5.73. The minimum Gasteiger partial charge on any atom is -0.481 e. The van der Waals surface area contributed by atoms with Crippen LogP contribution in [0.1, 0.15) is 42.4 Å². The summed E-state index contributed by atoms with van der Waals surface area (Å²) < 4.78 is 45.0. The van der Waals surface area contributed by atoms with E-state index in [1.54, 1.807) is 0 Å². The van der Waals surface area contributed by atoms with E-state index in [0.29, 0.717) is 92.1 Å². The van der Waals surface area contributed by atoms with Crippen molar-refractivity contribution in [3.05, 3.63) is 108 Å². The number of hydrogen-bond acceptors (Lipinski definition) is 10. The van der Waals surface area contributed by atoms with Gasteiger partial charge in [0.25, 0.3) is 0 Å². The number of esters is 1. The van der Waals surface area contributed by atoms with Crippen molar-refractivity contribution in [2.45, 2.75) is 31.3 Å². The van der Waals surface area contributed by atoms with Crippen LogP contribution in [-0.4, -0.2) is 110 Å². The number of carbonyl (C=O) groups excluding carboxylic acids is 1. The third-order valence-electron chi connectivity index (χ3n) is 7.46. The zero-order chi connectivity index (χ0) is 35.4. The Morgan fingerprint density at radius 3 is 1.12 bits per heavy atom. The standard InChI is InChI=1S/C39H52O11/c40-37(41)18-10-11-19-38(42)49-32-30-47-28-26-45-24-22-43-20-21-44-23-25-46-27-29-48-31-33-50-39(34-12-4-1-5-13-34,35-14-6-2-7-15-35)36-16-8-3-9-17-36/h1-9,12-17H,10-11,18-33H2,(H,40,41). The van der Waals surface area contributed by atoms with Crippen molar-refractivity contribution in [3.63, 3.8) is 0 Å². The lowest BCUT2D eigenvalue weighted by Crippen LogP contribution is -2.34. The van der Waals surface area contributed by atoms with Crippen LogP contribution in [0.15, 0.2) is 91.0 Å². The van der Waals surface area contributed by atoms with Crippen molar-refractivity contribution in [2.24, 2.45) is 0 Å². The number of carboxylic acid groups (broad SMARTS) is 1. The van der Waals surface area contributed by atoms with Crippen LogP contribution in [0.5, 0.6) is 0 Å². The summed E-state index contributed by atoms with van der Waals surface area (Å²) in [5, 5.41) is 8.57. The molecule has 0 aliphatic carbocycles. The monoisotopic (exact) mass is 696 g/mol. The van der Waals surface area contributed by atoms with E-state index in [-0.39, 0.29) is 32.0 Å². The molecular weight excluding hydrogens is 644 g/mol. The molecule has 0 atom stereocenters. The average Bonchev–Trinajstić information content (AvgIpc) is 3.15. The molecule has 0 bridgehead atoms. The Morgan fingerprint density at radius 2 is 0.760 bits per heavy atom. The van der Waals surface area contributed by atoms with Crippen molar-refractivity contribution < 1.29 is 52.6 Å². The Labute approximate surface area is 295 Å². The van der Waals surface area contributed by atoms with Crippen molar-refractivity contribution in [1.82, 2.24) is 0 Å².